The monoisotopic (exact) mass is 556 g/mol. The summed E-state index contributed by atoms with van der Waals surface area (Å²) in [5, 5.41) is 0. The molecular formula is C27H36F4N4O2S. The van der Waals surface area contributed by atoms with Gasteiger partial charge >= 0.3 is 6.18 Å². The van der Waals surface area contributed by atoms with Gasteiger partial charge in [-0.3, -0.25) is 14.4 Å². The summed E-state index contributed by atoms with van der Waals surface area (Å²) in [5.41, 5.74) is -2.10. The molecule has 1 spiro atoms. The van der Waals surface area contributed by atoms with Crippen molar-refractivity contribution in [2.75, 3.05) is 40.0 Å². The maximum absolute atomic E-state index is 15.8. The van der Waals surface area contributed by atoms with Crippen LogP contribution in [0, 0.1) is 12.8 Å². The summed E-state index contributed by atoms with van der Waals surface area (Å²) in [6, 6.07) is 8.32. The summed E-state index contributed by atoms with van der Waals surface area (Å²) >= 11 is 0. The first-order valence-corrected chi connectivity index (χ1v) is 15.0. The zero-order chi connectivity index (χ0) is 27.7. The van der Waals surface area contributed by atoms with Gasteiger partial charge in [0.05, 0.1) is 11.2 Å². The van der Waals surface area contributed by atoms with E-state index in [1.807, 2.05) is 14.0 Å². The summed E-state index contributed by atoms with van der Waals surface area (Å²) in [6.07, 6.45) is -1.66. The van der Waals surface area contributed by atoms with Crippen molar-refractivity contribution in [1.82, 2.24) is 19.1 Å². The van der Waals surface area contributed by atoms with Crippen LogP contribution in [0.4, 0.5) is 17.6 Å². The van der Waals surface area contributed by atoms with Gasteiger partial charge in [0.25, 0.3) is 5.91 Å². The van der Waals surface area contributed by atoms with Gasteiger partial charge in [0, 0.05) is 54.5 Å². The second-order valence-corrected chi connectivity index (χ2v) is 13.6. The van der Waals surface area contributed by atoms with E-state index in [1.165, 1.54) is 6.07 Å². The number of aryl methyl sites for hydroxylation is 1. The van der Waals surface area contributed by atoms with Crippen molar-refractivity contribution in [3.05, 3.63) is 52.8 Å². The fourth-order valence-corrected chi connectivity index (χ4v) is 7.64. The molecule has 5 rings (SSSR count). The van der Waals surface area contributed by atoms with Gasteiger partial charge in [-0.1, -0.05) is 10.5 Å². The second kappa shape index (κ2) is 9.25. The number of amides is 1. The molecule has 2 aliphatic heterocycles. The summed E-state index contributed by atoms with van der Waals surface area (Å²) in [7, 11) is 1.50. The molecule has 38 heavy (non-hydrogen) atoms. The highest BCUT2D eigenvalue weighted by molar-refractivity contribution is 8.27. The molecule has 2 fully saturated rings. The van der Waals surface area contributed by atoms with E-state index in [9.17, 15) is 22.5 Å². The first-order chi connectivity index (χ1) is 17.8. The highest BCUT2D eigenvalue weighted by atomic mass is 32.3. The highest BCUT2D eigenvalue weighted by Gasteiger charge is 2.66. The van der Waals surface area contributed by atoms with Gasteiger partial charge < -0.3 is 14.0 Å². The normalized spacial score (nSPS) is 24.0. The maximum atomic E-state index is 15.8. The van der Waals surface area contributed by atoms with Gasteiger partial charge in [0.1, 0.15) is 0 Å². The Bertz CT molecular complexity index is 1230. The molecule has 1 saturated carbocycles. The average Bonchev–Trinajstić information content (AvgIpc) is 3.64. The Morgan fingerprint density at radius 1 is 1.08 bits per heavy atom. The standard InChI is InChI=1S/C27H36F4N4O2S/c1-18-17-19(5-8-21(18)38(4,37)32-2)24(36)34-13-11-25(12-14-34)22-9-10-23(35(22)16-15-33(25)3)26(28,20-6-7-20)27(29,30)31/h5,8-10,17,20,32,37H,6-7,11-16H2,1-4H3. The Balaban J connectivity index is 1.39. The van der Waals surface area contributed by atoms with Crippen LogP contribution in [0.1, 0.15) is 53.0 Å². The smallest absolute Gasteiger partial charge is 0.342 e. The number of nitrogens with one attached hydrogen (secondary N) is 1. The summed E-state index contributed by atoms with van der Waals surface area (Å²) in [6.45, 7) is 3.55. The number of hydrogen-bond donors (Lipinski definition) is 2. The summed E-state index contributed by atoms with van der Waals surface area (Å²) in [4.78, 5) is 18.1. The molecule has 0 radical (unpaired) electrons. The number of carbonyl (C=O) groups excluding carboxylic acids is 1. The third-order valence-corrected chi connectivity index (χ3v) is 11.0. The van der Waals surface area contributed by atoms with E-state index < -0.39 is 33.8 Å². The Morgan fingerprint density at radius 3 is 2.29 bits per heavy atom. The Kier molecular flexibility index (Phi) is 6.69. The van der Waals surface area contributed by atoms with E-state index in [1.54, 1.807) is 47.0 Å². The zero-order valence-electron chi connectivity index (χ0n) is 22.2. The fraction of sp³-hybridized carbons (Fsp3) is 0.593. The lowest BCUT2D eigenvalue weighted by atomic mass is 9.81. The van der Waals surface area contributed by atoms with E-state index in [0.717, 1.165) is 10.5 Å². The van der Waals surface area contributed by atoms with E-state index in [0.29, 0.717) is 50.3 Å². The topological polar surface area (TPSA) is 60.7 Å². The number of rotatable bonds is 5. The summed E-state index contributed by atoms with van der Waals surface area (Å²) in [5.74, 6) is -1.14. The molecule has 2 N–H and O–H groups in total. The fourth-order valence-electron chi connectivity index (χ4n) is 6.40. The molecule has 2 atom stereocenters. The largest absolute Gasteiger partial charge is 0.428 e. The number of hydrogen-bond acceptors (Lipinski definition) is 4. The zero-order valence-corrected chi connectivity index (χ0v) is 23.1. The molecule has 1 aliphatic carbocycles. The van der Waals surface area contributed by atoms with Crippen LogP contribution in [0.3, 0.4) is 0 Å². The maximum Gasteiger partial charge on any atom is 0.428 e. The molecule has 11 heteroatoms. The van der Waals surface area contributed by atoms with Gasteiger partial charge in [0.15, 0.2) is 0 Å². The van der Waals surface area contributed by atoms with Crippen molar-refractivity contribution >= 4 is 16.4 Å². The van der Waals surface area contributed by atoms with Crippen LogP contribution in [0.25, 0.3) is 0 Å². The van der Waals surface area contributed by atoms with E-state index in [-0.39, 0.29) is 24.4 Å². The number of alkyl halides is 4. The third kappa shape index (κ3) is 4.17. The lowest BCUT2D eigenvalue weighted by molar-refractivity contribution is -0.246. The SMILES string of the molecule is CNS(C)(O)c1ccc(C(=O)N2CCC3(CC2)c2ccc(C(F)(C4CC4)C(F)(F)F)n2CCN3C)cc1C. The number of carbonyl (C=O) groups is 1. The Morgan fingerprint density at radius 2 is 1.74 bits per heavy atom. The van der Waals surface area contributed by atoms with E-state index in [2.05, 4.69) is 9.62 Å². The van der Waals surface area contributed by atoms with Crippen molar-refractivity contribution in [2.45, 2.75) is 61.4 Å². The molecule has 210 valence electrons. The number of fused-ring (bicyclic) bond motifs is 2. The van der Waals surface area contributed by atoms with Crippen LogP contribution in [-0.4, -0.2) is 71.0 Å². The van der Waals surface area contributed by atoms with Crippen LogP contribution in [0.15, 0.2) is 35.2 Å². The number of likely N-dealkylation sites (N-methyl/N-ethyl adjacent to an activating group) is 1. The number of piperidine rings is 1. The predicted molar refractivity (Wildman–Crippen MR) is 140 cm³/mol. The minimum atomic E-state index is -4.97. The molecule has 2 unspecified atom stereocenters. The van der Waals surface area contributed by atoms with E-state index in [4.69, 9.17) is 0 Å². The van der Waals surface area contributed by atoms with Crippen LogP contribution >= 0.6 is 10.5 Å². The molecule has 1 saturated heterocycles. The molecule has 1 aromatic carbocycles. The molecule has 0 bridgehead atoms. The average molecular weight is 557 g/mol. The Hall–Kier alpha value is -2.08. The van der Waals surface area contributed by atoms with Crippen molar-refractivity contribution in [2.24, 2.45) is 5.92 Å². The highest BCUT2D eigenvalue weighted by Crippen LogP contribution is 2.58. The van der Waals surface area contributed by atoms with Crippen molar-refractivity contribution in [3.8, 4) is 0 Å². The molecule has 3 heterocycles. The van der Waals surface area contributed by atoms with Gasteiger partial charge in [-0.15, -0.1) is 0 Å². The minimum Gasteiger partial charge on any atom is -0.342 e. The number of benzene rings is 1. The third-order valence-electron chi connectivity index (χ3n) is 8.90. The van der Waals surface area contributed by atoms with Crippen molar-refractivity contribution in [1.29, 1.82) is 0 Å². The lowest BCUT2D eigenvalue weighted by Gasteiger charge is -2.51. The van der Waals surface area contributed by atoms with E-state index >= 15 is 4.39 Å². The molecule has 3 aliphatic rings. The molecule has 1 amide bonds. The molecular weight excluding hydrogens is 520 g/mol. The van der Waals surface area contributed by atoms with Gasteiger partial charge in [-0.05, 0) is 82.6 Å². The number of nitrogens with zero attached hydrogens (tertiary/aromatic N) is 3. The van der Waals surface area contributed by atoms with Crippen molar-refractivity contribution in [3.63, 3.8) is 0 Å². The van der Waals surface area contributed by atoms with Crippen LogP contribution in [-0.2, 0) is 17.8 Å². The van der Waals surface area contributed by atoms with Gasteiger partial charge in [-0.25, -0.2) is 4.39 Å². The number of halogens is 4. The Labute approximate surface area is 222 Å². The number of aromatic nitrogens is 1. The van der Waals surface area contributed by atoms with Crippen molar-refractivity contribution < 1.29 is 26.9 Å². The minimum absolute atomic E-state index is 0.114. The quantitative estimate of drug-likeness (QED) is 0.484. The second-order valence-electron chi connectivity index (χ2n) is 11.0. The van der Waals surface area contributed by atoms with Gasteiger partial charge in [0.2, 0.25) is 5.67 Å². The van der Waals surface area contributed by atoms with Crippen LogP contribution < -0.4 is 4.72 Å². The molecule has 2 aromatic rings. The first kappa shape index (κ1) is 27.5. The van der Waals surface area contributed by atoms with Gasteiger partial charge in [-0.2, -0.15) is 13.2 Å². The first-order valence-electron chi connectivity index (χ1n) is 13.0. The van der Waals surface area contributed by atoms with Crippen LogP contribution in [0.5, 0.6) is 0 Å². The molecule has 6 nitrogen and oxygen atoms in total. The molecule has 1 aromatic heterocycles. The lowest BCUT2D eigenvalue weighted by Crippen LogP contribution is -2.57. The predicted octanol–water partition coefficient (Wildman–Crippen LogP) is 5.41. The number of likely N-dealkylation sites (tertiary alicyclic amines) is 1. The van der Waals surface area contributed by atoms with Crippen LogP contribution in [0.2, 0.25) is 0 Å². The summed E-state index contributed by atoms with van der Waals surface area (Å²) < 4.78 is 73.0.